The number of cyclic esters (lactones) is 1. The summed E-state index contributed by atoms with van der Waals surface area (Å²) in [7, 11) is 0. The van der Waals surface area contributed by atoms with Gasteiger partial charge < -0.3 is 77.9 Å². The molecule has 1 fully saturated rings. The van der Waals surface area contributed by atoms with Gasteiger partial charge in [0.1, 0.15) is 38.5 Å². The predicted molar refractivity (Wildman–Crippen MR) is 411 cm³/mol. The van der Waals surface area contributed by atoms with Crippen LogP contribution < -0.4 is 28.7 Å². The highest BCUT2D eigenvalue weighted by Crippen LogP contribution is 2.48. The van der Waals surface area contributed by atoms with Crippen LogP contribution in [-0.4, -0.2) is 155 Å². The van der Waals surface area contributed by atoms with Crippen molar-refractivity contribution in [3.63, 3.8) is 0 Å². The van der Waals surface area contributed by atoms with E-state index in [-0.39, 0.29) is 87.8 Å². The van der Waals surface area contributed by atoms with E-state index in [1.165, 1.54) is 89.0 Å². The molecule has 0 spiro atoms. The Balaban J connectivity index is 0.000000229. The number of carboxylic acid groups (broad SMARTS) is 5. The van der Waals surface area contributed by atoms with Crippen LogP contribution in [0.5, 0.6) is 0 Å². The van der Waals surface area contributed by atoms with Crippen LogP contribution >= 0.6 is 0 Å². The van der Waals surface area contributed by atoms with Crippen LogP contribution in [0.3, 0.4) is 0 Å². The number of ether oxygens (including phenoxy) is 5. The number of carboxylic acids is 5. The largest absolute Gasteiger partial charge is 0.481 e. The summed E-state index contributed by atoms with van der Waals surface area (Å²) in [5.74, 6) is -5.89. The van der Waals surface area contributed by atoms with Crippen LogP contribution in [0.2, 0.25) is 0 Å². The molecule has 8 aromatic carbocycles. The van der Waals surface area contributed by atoms with E-state index in [0.717, 1.165) is 0 Å². The number of ketones is 1. The van der Waals surface area contributed by atoms with Gasteiger partial charge in [0.2, 0.25) is 5.91 Å². The number of hydrogen-bond donors (Lipinski definition) is 10. The molecule has 4 aliphatic carbocycles. The summed E-state index contributed by atoms with van der Waals surface area (Å²) in [6.45, 7) is 6.86. The maximum Gasteiger partial charge on any atom is 0.320 e. The SMILES string of the molecule is C.CC1(C)OC(=O)CCC(N)C1=O.NC(=O)[C@H](N)CCC(=O)O.N[C@H](CCC(=O)O)C(=O)O.N[C@H](CCC(=O)O)C(=O)O.O=COCC1c2ccccc2-c2ccccc21.O=COCC1c2ccccc2-c2ccccc21.O=COCC1c2ccccc2-c2ccccc21.O=COCC1c2ccccc2-c2ccccc21. The van der Waals surface area contributed by atoms with Gasteiger partial charge >= 0.3 is 35.8 Å². The molecule has 0 saturated carbocycles. The quantitative estimate of drug-likeness (QED) is 0.0153. The van der Waals surface area contributed by atoms with E-state index in [2.05, 4.69) is 97.1 Å². The molecule has 15 N–H and O–H groups in total. The van der Waals surface area contributed by atoms with Crippen LogP contribution in [0.25, 0.3) is 44.5 Å². The molecule has 1 saturated heterocycles. The van der Waals surface area contributed by atoms with Crippen molar-refractivity contribution >= 4 is 73.4 Å². The summed E-state index contributed by atoms with van der Waals surface area (Å²) in [5, 5.41) is 40.7. The number of hydrogen-bond acceptors (Lipinski definition) is 21. The second-order valence-corrected chi connectivity index (χ2v) is 25.8. The Morgan fingerprint density at radius 1 is 0.405 bits per heavy atom. The molecule has 0 aromatic heterocycles. The fraction of sp³-hybridized carbons (Fsp3) is 0.286. The third-order valence-corrected chi connectivity index (χ3v) is 18.1. The number of carbonyl (C=O) groups is 12. The van der Waals surface area contributed by atoms with Gasteiger partial charge in [0, 0.05) is 49.4 Å². The van der Waals surface area contributed by atoms with Crippen molar-refractivity contribution in [2.75, 3.05) is 26.4 Å². The zero-order chi connectivity index (χ0) is 80.5. The van der Waals surface area contributed by atoms with E-state index < -0.39 is 65.5 Å². The Kier molecular flexibility index (Phi) is 35.8. The first-order valence-electron chi connectivity index (χ1n) is 34.8. The molecule has 1 amide bonds. The highest BCUT2D eigenvalue weighted by Gasteiger charge is 2.39. The highest BCUT2D eigenvalue weighted by atomic mass is 16.6. The van der Waals surface area contributed by atoms with Gasteiger partial charge in [0.15, 0.2) is 11.4 Å². The van der Waals surface area contributed by atoms with E-state index >= 15 is 0 Å². The monoisotopic (exact) mass is 1520 g/mol. The Morgan fingerprint density at radius 3 is 0.802 bits per heavy atom. The Bertz CT molecular complexity index is 3830. The molecule has 1 aliphatic heterocycles. The van der Waals surface area contributed by atoms with Gasteiger partial charge in [-0.15, -0.1) is 0 Å². The molecule has 1 unspecified atom stereocenters. The smallest absolute Gasteiger partial charge is 0.320 e. The zero-order valence-corrected chi connectivity index (χ0v) is 60.5. The maximum atomic E-state index is 11.4. The lowest BCUT2D eigenvalue weighted by atomic mass is 9.96. The molecule has 0 radical (unpaired) electrons. The first-order chi connectivity index (χ1) is 52.7. The first-order valence-corrected chi connectivity index (χ1v) is 34.8. The van der Waals surface area contributed by atoms with Crippen molar-refractivity contribution < 1.29 is 107 Å². The van der Waals surface area contributed by atoms with Gasteiger partial charge in [-0.1, -0.05) is 202 Å². The van der Waals surface area contributed by atoms with E-state index in [4.69, 9.17) is 77.9 Å². The number of Topliss-reactive ketones (excluding diaryl/α,β-unsaturated/α-hetero) is 1. The zero-order valence-electron chi connectivity index (χ0n) is 60.5. The number of carbonyl (C=O) groups excluding carboxylic acids is 7. The number of fused-ring (bicyclic) bond motifs is 12. The Morgan fingerprint density at radius 2 is 0.613 bits per heavy atom. The summed E-state index contributed by atoms with van der Waals surface area (Å²) in [6.07, 6.45) is 0.155. The fourth-order valence-corrected chi connectivity index (χ4v) is 12.8. The first kappa shape index (κ1) is 89.1. The molecule has 1 heterocycles. The third kappa shape index (κ3) is 25.5. The molecule has 4 atom stereocenters. The van der Waals surface area contributed by atoms with Crippen molar-refractivity contribution in [2.45, 2.75) is 126 Å². The Labute approximate surface area is 641 Å². The number of benzene rings is 8. The number of nitrogens with two attached hydrogens (primary N) is 5. The van der Waals surface area contributed by atoms with Crippen LogP contribution in [0.1, 0.15) is 141 Å². The van der Waals surface area contributed by atoms with Gasteiger partial charge in [-0.3, -0.25) is 57.5 Å². The van der Waals surface area contributed by atoms with Crippen LogP contribution in [0.15, 0.2) is 194 Å². The minimum atomic E-state index is -1.17. The minimum Gasteiger partial charge on any atom is -0.481 e. The van der Waals surface area contributed by atoms with Gasteiger partial charge in [-0.05, 0) is 129 Å². The van der Waals surface area contributed by atoms with Gasteiger partial charge in [0.25, 0.3) is 25.9 Å². The van der Waals surface area contributed by atoms with E-state index in [1.807, 2.05) is 97.1 Å². The molecular formula is C84H93N5O22. The summed E-state index contributed by atoms with van der Waals surface area (Å²) >= 11 is 0. The molecule has 27 nitrogen and oxygen atoms in total. The van der Waals surface area contributed by atoms with Gasteiger partial charge in [-0.25, -0.2) is 0 Å². The molecular weight excluding hydrogens is 1430 g/mol. The van der Waals surface area contributed by atoms with Crippen molar-refractivity contribution in [3.05, 3.63) is 239 Å². The number of amides is 1. The number of primary amides is 1. The summed E-state index contributed by atoms with van der Waals surface area (Å²) in [4.78, 5) is 124. The lowest BCUT2D eigenvalue weighted by Gasteiger charge is -2.22. The average molecular weight is 1520 g/mol. The third-order valence-electron chi connectivity index (χ3n) is 18.1. The second-order valence-electron chi connectivity index (χ2n) is 25.8. The molecule has 13 rings (SSSR count). The van der Waals surface area contributed by atoms with E-state index in [9.17, 15) is 57.5 Å². The van der Waals surface area contributed by atoms with Crippen molar-refractivity contribution in [2.24, 2.45) is 28.7 Å². The van der Waals surface area contributed by atoms with E-state index in [1.54, 1.807) is 13.8 Å². The molecule has 5 aliphatic rings. The molecule has 27 heteroatoms. The predicted octanol–water partition coefficient (Wildman–Crippen LogP) is 9.71. The minimum absolute atomic E-state index is 0. The van der Waals surface area contributed by atoms with E-state index in [0.29, 0.717) is 58.7 Å². The van der Waals surface area contributed by atoms with Crippen molar-refractivity contribution in [3.8, 4) is 44.5 Å². The molecule has 8 aromatic rings. The molecule has 586 valence electrons. The number of aliphatic carboxylic acids is 5. The molecule has 111 heavy (non-hydrogen) atoms. The summed E-state index contributed by atoms with van der Waals surface area (Å²) in [5.41, 5.74) is 44.4. The van der Waals surface area contributed by atoms with Crippen molar-refractivity contribution in [1.29, 1.82) is 0 Å². The van der Waals surface area contributed by atoms with Gasteiger partial charge in [0.05, 0.1) is 12.1 Å². The second kappa shape index (κ2) is 44.7. The summed E-state index contributed by atoms with van der Waals surface area (Å²) in [6, 6.07) is 62.8. The normalized spacial score (nSPS) is 14.5. The summed E-state index contributed by atoms with van der Waals surface area (Å²) < 4.78 is 24.7. The lowest BCUT2D eigenvalue weighted by molar-refractivity contribution is -0.161. The lowest BCUT2D eigenvalue weighted by Crippen LogP contribution is -2.44. The topological polar surface area (TPSA) is 482 Å². The van der Waals surface area contributed by atoms with Crippen LogP contribution in [-0.2, 0) is 81.2 Å². The van der Waals surface area contributed by atoms with Crippen LogP contribution in [0, 0.1) is 0 Å². The Hall–Kier alpha value is -12.6. The van der Waals surface area contributed by atoms with Crippen molar-refractivity contribution in [1.82, 2.24) is 0 Å². The van der Waals surface area contributed by atoms with Crippen LogP contribution in [0.4, 0.5) is 0 Å². The fourth-order valence-electron chi connectivity index (χ4n) is 12.8. The molecule has 0 bridgehead atoms. The average Bonchev–Trinajstić information content (AvgIpc) is 1.64. The number of esters is 1. The standard InChI is InChI=1S/4C15H12O2.C8H13NO3.C5H10N2O3.2C5H9NO4.CH4/c4*16-10-17-9-15-13-7-3-1-5-11(13)12-6-2-4-8-14(12)15;1-8(2)7(11)5(9)3-4-6(10)12-8;6-3(5(7)10)1-2-4(8)9;2*6-3(5(9)10)1-2-4(7)8;/h4*1-8,10,15H,9H2;5H,3-4,9H2,1-2H3;3H,1-2,6H2,(H2,7,10)(H,8,9);2*3H,1-2,6H2,(H,7,8)(H,9,10);1H4/t;;;;;3*3-;/m.....111./s1. The van der Waals surface area contributed by atoms with Gasteiger partial charge in [-0.2, -0.15) is 0 Å². The maximum absolute atomic E-state index is 11.4. The number of rotatable bonds is 24. The highest BCUT2D eigenvalue weighted by molar-refractivity contribution is 5.94.